The Morgan fingerprint density at radius 1 is 1.20 bits per heavy atom. The van der Waals surface area contributed by atoms with Gasteiger partial charge in [0, 0.05) is 22.4 Å². The van der Waals surface area contributed by atoms with Crippen molar-refractivity contribution in [3.8, 4) is 0 Å². The summed E-state index contributed by atoms with van der Waals surface area (Å²) in [5, 5.41) is 3.50. The Kier molecular flexibility index (Phi) is 80.1. The van der Waals surface area contributed by atoms with Crippen molar-refractivity contribution in [1.82, 2.24) is 0 Å². The van der Waals surface area contributed by atoms with Gasteiger partial charge in [0.2, 0.25) is 0 Å². The molecule has 0 amide bonds. The first-order chi connectivity index (χ1) is 1.41. The second-order valence-corrected chi connectivity index (χ2v) is 0.447. The van der Waals surface area contributed by atoms with Gasteiger partial charge in [-0.05, 0) is 0 Å². The van der Waals surface area contributed by atoms with Crippen LogP contribution in [0.4, 0.5) is 4.70 Å². The Labute approximate surface area is 47.0 Å². The molecule has 0 spiro atoms. The summed E-state index contributed by atoms with van der Waals surface area (Å²) in [7, 11) is 3.50. The van der Waals surface area contributed by atoms with E-state index in [1.807, 2.05) is 0 Å². The molecule has 0 heterocycles. The van der Waals surface area contributed by atoms with Crippen LogP contribution in [0, 0.1) is 0 Å². The van der Waals surface area contributed by atoms with Crippen molar-refractivity contribution in [1.29, 1.82) is 0 Å². The maximum Gasteiger partial charge on any atom is 0 e. The standard InChI is InChI=1S/C2H6N.FH.Ta/c1-3-2;;/h1-2H3;1H;/q-1;;. The van der Waals surface area contributed by atoms with Crippen LogP contribution < -0.4 is 0 Å². The van der Waals surface area contributed by atoms with Crippen molar-refractivity contribution < 1.29 is 27.1 Å². The molecule has 33 valence electrons. The Hall–Kier alpha value is 0.630. The Balaban J connectivity index is -0.0000000200. The van der Waals surface area contributed by atoms with Crippen molar-refractivity contribution in [3.63, 3.8) is 0 Å². The number of hydrogen-bond donors (Lipinski definition) is 0. The Bertz CT molecular complexity index is 9.61. The van der Waals surface area contributed by atoms with Crippen LogP contribution in [0.25, 0.3) is 5.32 Å². The van der Waals surface area contributed by atoms with Crippen molar-refractivity contribution in [2.24, 2.45) is 0 Å². The zero-order chi connectivity index (χ0) is 2.71. The van der Waals surface area contributed by atoms with Gasteiger partial charge in [-0.15, -0.1) is 0 Å². The van der Waals surface area contributed by atoms with Gasteiger partial charge in [-0.3, -0.25) is 4.70 Å². The SMILES string of the molecule is C[N-]C.F.[Ta]. The zero-order valence-electron chi connectivity index (χ0n) is 3.30. The predicted molar refractivity (Wildman–Crippen MR) is 17.7 cm³/mol. The minimum absolute atomic E-state index is 0. The summed E-state index contributed by atoms with van der Waals surface area (Å²) >= 11 is 0. The summed E-state index contributed by atoms with van der Waals surface area (Å²) in [6.45, 7) is 0. The van der Waals surface area contributed by atoms with Gasteiger partial charge in [0.05, 0.1) is 0 Å². The quantitative estimate of drug-likeness (QED) is 0.598. The summed E-state index contributed by atoms with van der Waals surface area (Å²) in [6.07, 6.45) is 0. The van der Waals surface area contributed by atoms with Crippen LogP contribution >= 0.6 is 0 Å². The van der Waals surface area contributed by atoms with E-state index in [0.29, 0.717) is 0 Å². The molecule has 0 rings (SSSR count). The third kappa shape index (κ3) is 80.6. The zero-order valence-corrected chi connectivity index (χ0v) is 6.52. The second kappa shape index (κ2) is 23.0. The van der Waals surface area contributed by atoms with Gasteiger partial charge >= 0.3 is 0 Å². The molecule has 0 aliphatic heterocycles. The van der Waals surface area contributed by atoms with Gasteiger partial charge < -0.3 is 5.32 Å². The van der Waals surface area contributed by atoms with Crippen molar-refractivity contribution in [2.75, 3.05) is 14.1 Å². The molecule has 3 heteroatoms. The Morgan fingerprint density at radius 2 is 1.20 bits per heavy atom. The molecule has 5 heavy (non-hydrogen) atoms. The van der Waals surface area contributed by atoms with Crippen LogP contribution in [0.5, 0.6) is 0 Å². The van der Waals surface area contributed by atoms with E-state index in [4.69, 9.17) is 0 Å². The average Bonchev–Trinajstić information content (AvgIpc) is 0.918. The van der Waals surface area contributed by atoms with Gasteiger partial charge in [0.1, 0.15) is 0 Å². The van der Waals surface area contributed by atoms with E-state index < -0.39 is 0 Å². The first-order valence-corrected chi connectivity index (χ1v) is 0.894. The topological polar surface area (TPSA) is 14.1 Å². The molecule has 0 aromatic rings. The van der Waals surface area contributed by atoms with Crippen LogP contribution in [-0.2, 0) is 22.4 Å². The molecule has 0 unspecified atom stereocenters. The summed E-state index contributed by atoms with van der Waals surface area (Å²) in [4.78, 5) is 0. The summed E-state index contributed by atoms with van der Waals surface area (Å²) in [5.74, 6) is 0. The molecule has 0 fully saturated rings. The van der Waals surface area contributed by atoms with E-state index >= 15 is 0 Å². The van der Waals surface area contributed by atoms with E-state index in [1.165, 1.54) is 0 Å². The molecule has 0 aliphatic carbocycles. The molecule has 0 aromatic heterocycles. The predicted octanol–water partition coefficient (Wildman–Crippen LogP) is 0.770. The fourth-order valence-electron chi connectivity index (χ4n) is 0. The molecule has 1 nitrogen and oxygen atoms in total. The minimum atomic E-state index is 0. The normalized spacial score (nSPS) is 3.60. The van der Waals surface area contributed by atoms with Crippen LogP contribution in [0.3, 0.4) is 0 Å². The number of nitrogens with zero attached hydrogens (tertiary/aromatic N) is 1. The van der Waals surface area contributed by atoms with E-state index in [9.17, 15) is 0 Å². The molecule has 0 aromatic carbocycles. The first-order valence-electron chi connectivity index (χ1n) is 0.894. The van der Waals surface area contributed by atoms with E-state index in [2.05, 4.69) is 5.32 Å². The van der Waals surface area contributed by atoms with Gasteiger partial charge in [-0.25, -0.2) is 0 Å². The van der Waals surface area contributed by atoms with Gasteiger partial charge in [0.15, 0.2) is 0 Å². The molecule has 0 saturated carbocycles. The van der Waals surface area contributed by atoms with Crippen LogP contribution in [-0.4, -0.2) is 14.1 Å². The van der Waals surface area contributed by atoms with E-state index in [-0.39, 0.29) is 27.1 Å². The van der Waals surface area contributed by atoms with Crippen molar-refractivity contribution in [3.05, 3.63) is 5.32 Å². The summed E-state index contributed by atoms with van der Waals surface area (Å²) in [5.41, 5.74) is 0. The minimum Gasteiger partial charge on any atom is -0.668 e. The second-order valence-electron chi connectivity index (χ2n) is 0.447. The molecule has 0 bridgehead atoms. The fourth-order valence-corrected chi connectivity index (χ4v) is 0. The number of hydrogen-bond acceptors (Lipinski definition) is 0. The number of halogens is 1. The molecular formula is C2H7FNTa-. The average molecular weight is 245 g/mol. The molecular weight excluding hydrogens is 238 g/mol. The van der Waals surface area contributed by atoms with Crippen LogP contribution in [0.15, 0.2) is 0 Å². The van der Waals surface area contributed by atoms with Gasteiger partial charge in [-0.1, -0.05) is 0 Å². The van der Waals surface area contributed by atoms with Gasteiger partial charge in [0.25, 0.3) is 0 Å². The largest absolute Gasteiger partial charge is 0.668 e. The molecule has 1 radical (unpaired) electrons. The third-order valence-corrected chi connectivity index (χ3v) is 0. The summed E-state index contributed by atoms with van der Waals surface area (Å²) in [6, 6.07) is 0. The van der Waals surface area contributed by atoms with Crippen LogP contribution in [0.2, 0.25) is 0 Å². The maximum atomic E-state index is 3.50. The molecule has 0 atom stereocenters. The fraction of sp³-hybridized carbons (Fsp3) is 1.00. The molecule has 0 N–H and O–H groups in total. The Morgan fingerprint density at radius 3 is 1.20 bits per heavy atom. The molecule has 0 aliphatic rings. The maximum absolute atomic E-state index is 3.50. The van der Waals surface area contributed by atoms with Crippen molar-refractivity contribution in [2.45, 2.75) is 0 Å². The molecule has 0 saturated heterocycles. The number of rotatable bonds is 0. The van der Waals surface area contributed by atoms with Crippen molar-refractivity contribution >= 4 is 0 Å². The monoisotopic (exact) mass is 245 g/mol. The van der Waals surface area contributed by atoms with E-state index in [0.717, 1.165) is 0 Å². The third-order valence-electron chi connectivity index (χ3n) is 0. The van der Waals surface area contributed by atoms with E-state index in [1.54, 1.807) is 14.1 Å². The smallest absolute Gasteiger partial charge is 0 e. The summed E-state index contributed by atoms with van der Waals surface area (Å²) < 4.78 is 0. The van der Waals surface area contributed by atoms with Crippen LogP contribution in [0.1, 0.15) is 0 Å². The first kappa shape index (κ1) is 17.4. The van der Waals surface area contributed by atoms with Gasteiger partial charge in [-0.2, -0.15) is 14.1 Å².